The molecule has 1 N–H and O–H groups in total. The molecule has 1 aliphatic rings. The van der Waals surface area contributed by atoms with Gasteiger partial charge in [-0.3, -0.25) is 4.79 Å². The van der Waals surface area contributed by atoms with Crippen LogP contribution in [0.1, 0.15) is 30.4 Å². The van der Waals surface area contributed by atoms with Crippen molar-refractivity contribution in [2.45, 2.75) is 19.3 Å². The molecular weight excluding hydrogens is 340 g/mol. The summed E-state index contributed by atoms with van der Waals surface area (Å²) >= 11 is 3.44. The largest absolute Gasteiger partial charge is 0.273 e. The van der Waals surface area contributed by atoms with Crippen molar-refractivity contribution in [2.75, 3.05) is 0 Å². The lowest BCUT2D eigenvalue weighted by atomic mass is 10.1. The Kier molecular flexibility index (Phi) is 4.39. The second-order valence-electron chi connectivity index (χ2n) is 5.54. The van der Waals surface area contributed by atoms with Crippen molar-refractivity contribution in [3.63, 3.8) is 0 Å². The van der Waals surface area contributed by atoms with Crippen LogP contribution in [0.25, 0.3) is 0 Å². The van der Waals surface area contributed by atoms with Gasteiger partial charge in [0.1, 0.15) is 0 Å². The molecule has 0 aliphatic heterocycles. The first-order valence-corrected chi connectivity index (χ1v) is 8.09. The molecule has 1 amide bonds. The summed E-state index contributed by atoms with van der Waals surface area (Å²) in [5.41, 5.74) is 5.72. The zero-order valence-corrected chi connectivity index (χ0v) is 13.9. The molecule has 2 unspecified atom stereocenters. The smallest absolute Gasteiger partial charge is 0.243 e. The minimum atomic E-state index is 0.00296. The summed E-state index contributed by atoms with van der Waals surface area (Å²) in [5.74, 6) is 0.382. The summed E-state index contributed by atoms with van der Waals surface area (Å²) in [4.78, 5) is 12.2. The standard InChI is InChI=1S/C18H17BrN2O/c1-12(14-8-5-9-15(19)10-14)20-21-18(22)17-11-16(17)13-6-3-2-4-7-13/h2-10,16-17H,11H2,1H3,(H,21,22)/b20-12+. The van der Waals surface area contributed by atoms with E-state index in [1.54, 1.807) is 0 Å². The van der Waals surface area contributed by atoms with Gasteiger partial charge in [0, 0.05) is 10.4 Å². The zero-order chi connectivity index (χ0) is 15.5. The molecule has 0 bridgehead atoms. The van der Waals surface area contributed by atoms with Crippen LogP contribution >= 0.6 is 15.9 Å². The Balaban J connectivity index is 1.60. The Morgan fingerprint density at radius 1 is 1.18 bits per heavy atom. The molecule has 1 saturated carbocycles. The van der Waals surface area contributed by atoms with Crippen molar-refractivity contribution in [3.05, 3.63) is 70.2 Å². The first-order valence-electron chi connectivity index (χ1n) is 7.30. The van der Waals surface area contributed by atoms with Gasteiger partial charge in [0.15, 0.2) is 0 Å². The Labute approximate surface area is 138 Å². The minimum Gasteiger partial charge on any atom is -0.273 e. The molecule has 3 rings (SSSR count). The van der Waals surface area contributed by atoms with Crippen molar-refractivity contribution in [2.24, 2.45) is 11.0 Å². The van der Waals surface area contributed by atoms with Crippen LogP contribution in [0.4, 0.5) is 0 Å². The summed E-state index contributed by atoms with van der Waals surface area (Å²) < 4.78 is 0.997. The van der Waals surface area contributed by atoms with Gasteiger partial charge in [-0.1, -0.05) is 58.4 Å². The van der Waals surface area contributed by atoms with E-state index < -0.39 is 0 Å². The van der Waals surface area contributed by atoms with Gasteiger partial charge in [-0.2, -0.15) is 5.10 Å². The molecule has 0 radical (unpaired) electrons. The van der Waals surface area contributed by atoms with Crippen molar-refractivity contribution in [1.82, 2.24) is 5.43 Å². The third-order valence-electron chi connectivity index (χ3n) is 3.93. The molecule has 2 aromatic carbocycles. The SMILES string of the molecule is C/C(=N\NC(=O)C1CC1c1ccccc1)c1cccc(Br)c1. The topological polar surface area (TPSA) is 41.5 Å². The summed E-state index contributed by atoms with van der Waals surface area (Å²) in [6, 6.07) is 18.0. The number of amides is 1. The molecule has 0 aromatic heterocycles. The van der Waals surface area contributed by atoms with Crippen LogP contribution in [0.5, 0.6) is 0 Å². The third-order valence-corrected chi connectivity index (χ3v) is 4.42. The molecule has 2 atom stereocenters. The molecule has 112 valence electrons. The predicted octanol–water partition coefficient (Wildman–Crippen LogP) is 4.09. The third kappa shape index (κ3) is 3.45. The van der Waals surface area contributed by atoms with Crippen LogP contribution in [-0.4, -0.2) is 11.6 Å². The average Bonchev–Trinajstić information content (AvgIpc) is 3.34. The van der Waals surface area contributed by atoms with Crippen molar-refractivity contribution >= 4 is 27.5 Å². The van der Waals surface area contributed by atoms with Gasteiger partial charge >= 0.3 is 0 Å². The first kappa shape index (κ1) is 15.0. The number of nitrogens with one attached hydrogen (secondary N) is 1. The minimum absolute atomic E-state index is 0.00296. The van der Waals surface area contributed by atoms with Gasteiger partial charge < -0.3 is 0 Å². The van der Waals surface area contributed by atoms with Crippen molar-refractivity contribution in [3.8, 4) is 0 Å². The molecule has 0 spiro atoms. The van der Waals surface area contributed by atoms with Gasteiger partial charge in [0.25, 0.3) is 0 Å². The highest BCUT2D eigenvalue weighted by atomic mass is 79.9. The number of halogens is 1. The van der Waals surface area contributed by atoms with Crippen LogP contribution in [0.15, 0.2) is 64.2 Å². The van der Waals surface area contributed by atoms with E-state index in [2.05, 4.69) is 38.6 Å². The Morgan fingerprint density at radius 3 is 2.68 bits per heavy atom. The highest BCUT2D eigenvalue weighted by molar-refractivity contribution is 9.10. The van der Waals surface area contributed by atoms with Crippen LogP contribution < -0.4 is 5.43 Å². The van der Waals surface area contributed by atoms with Gasteiger partial charge in [-0.15, -0.1) is 0 Å². The van der Waals surface area contributed by atoms with Crippen LogP contribution in [0.3, 0.4) is 0 Å². The lowest BCUT2D eigenvalue weighted by Gasteiger charge is -2.03. The first-order chi connectivity index (χ1) is 10.6. The Hall–Kier alpha value is -1.94. The average molecular weight is 357 g/mol. The van der Waals surface area contributed by atoms with E-state index in [0.29, 0.717) is 5.92 Å². The summed E-state index contributed by atoms with van der Waals surface area (Å²) in [5, 5.41) is 4.22. The van der Waals surface area contributed by atoms with Gasteiger partial charge in [-0.05, 0) is 42.5 Å². The van der Waals surface area contributed by atoms with Gasteiger partial charge in [0.05, 0.1) is 5.71 Å². The molecule has 4 heteroatoms. The molecule has 2 aromatic rings. The maximum Gasteiger partial charge on any atom is 0.243 e. The Bertz CT molecular complexity index is 712. The molecule has 22 heavy (non-hydrogen) atoms. The molecule has 3 nitrogen and oxygen atoms in total. The normalized spacial score (nSPS) is 20.5. The maximum absolute atomic E-state index is 12.2. The molecule has 0 saturated heterocycles. The number of nitrogens with zero attached hydrogens (tertiary/aromatic N) is 1. The van der Waals surface area contributed by atoms with Crippen LogP contribution in [0, 0.1) is 5.92 Å². The Morgan fingerprint density at radius 2 is 1.95 bits per heavy atom. The fourth-order valence-corrected chi connectivity index (χ4v) is 2.95. The van der Waals surface area contributed by atoms with Gasteiger partial charge in [0.2, 0.25) is 5.91 Å². The number of rotatable bonds is 4. The lowest BCUT2D eigenvalue weighted by molar-refractivity contribution is -0.122. The molecule has 1 aliphatic carbocycles. The van der Waals surface area contributed by atoms with Crippen molar-refractivity contribution < 1.29 is 4.79 Å². The summed E-state index contributed by atoms with van der Waals surface area (Å²) in [6.07, 6.45) is 0.904. The second kappa shape index (κ2) is 6.44. The van der Waals surface area contributed by atoms with Crippen LogP contribution in [0.2, 0.25) is 0 Å². The number of benzene rings is 2. The zero-order valence-electron chi connectivity index (χ0n) is 12.3. The fraction of sp³-hybridized carbons (Fsp3) is 0.222. The number of hydrogen-bond donors (Lipinski definition) is 1. The molecule has 1 fully saturated rings. The number of hydrogen-bond acceptors (Lipinski definition) is 2. The van der Waals surface area contributed by atoms with Crippen molar-refractivity contribution in [1.29, 1.82) is 0 Å². The number of hydrazone groups is 1. The number of carbonyl (C=O) groups excluding carboxylic acids is 1. The van der Waals surface area contributed by atoms with E-state index in [0.717, 1.165) is 22.2 Å². The lowest BCUT2D eigenvalue weighted by Crippen LogP contribution is -2.21. The fourth-order valence-electron chi connectivity index (χ4n) is 2.55. The summed E-state index contributed by atoms with van der Waals surface area (Å²) in [7, 11) is 0. The van der Waals surface area contributed by atoms with E-state index in [-0.39, 0.29) is 11.8 Å². The monoisotopic (exact) mass is 356 g/mol. The van der Waals surface area contributed by atoms with E-state index in [4.69, 9.17) is 0 Å². The highest BCUT2D eigenvalue weighted by Gasteiger charge is 2.43. The quantitative estimate of drug-likeness (QED) is 0.650. The highest BCUT2D eigenvalue weighted by Crippen LogP contribution is 2.47. The van der Waals surface area contributed by atoms with E-state index in [9.17, 15) is 4.79 Å². The maximum atomic E-state index is 12.2. The second-order valence-corrected chi connectivity index (χ2v) is 6.46. The molecular formula is C18H17BrN2O. The number of carbonyl (C=O) groups is 1. The summed E-state index contributed by atoms with van der Waals surface area (Å²) in [6.45, 7) is 1.89. The van der Waals surface area contributed by atoms with E-state index in [1.165, 1.54) is 5.56 Å². The van der Waals surface area contributed by atoms with Gasteiger partial charge in [-0.25, -0.2) is 5.43 Å². The predicted molar refractivity (Wildman–Crippen MR) is 91.8 cm³/mol. The molecule has 0 heterocycles. The van der Waals surface area contributed by atoms with E-state index >= 15 is 0 Å². The van der Waals surface area contributed by atoms with E-state index in [1.807, 2.05) is 49.4 Å². The van der Waals surface area contributed by atoms with Crippen LogP contribution in [-0.2, 0) is 4.79 Å².